The van der Waals surface area contributed by atoms with Crippen molar-refractivity contribution in [3.05, 3.63) is 41.7 Å². The highest BCUT2D eigenvalue weighted by Crippen LogP contribution is 2.27. The van der Waals surface area contributed by atoms with Crippen LogP contribution >= 0.6 is 0 Å². The molecule has 0 aromatic rings. The number of hydrogen-bond donors (Lipinski definition) is 0. The van der Waals surface area contributed by atoms with Crippen LogP contribution in [-0.4, -0.2) is 18.4 Å². The molecule has 1 fully saturated rings. The fraction of sp³-hybridized carbons (Fsp3) is 0.640. The Morgan fingerprint density at radius 1 is 1.14 bits per heavy atom. The van der Waals surface area contributed by atoms with E-state index in [-0.39, 0.29) is 24.1 Å². The number of carbonyl (C=O) groups excluding carboxylic acids is 2. The minimum absolute atomic E-state index is 0.0413. The number of ether oxygens (including phenoxy) is 1. The minimum atomic E-state index is -0.205. The van der Waals surface area contributed by atoms with Crippen molar-refractivity contribution in [2.75, 3.05) is 6.61 Å². The lowest BCUT2D eigenvalue weighted by Gasteiger charge is -2.21. The molecule has 0 heterocycles. The van der Waals surface area contributed by atoms with Crippen LogP contribution in [-0.2, 0) is 14.3 Å². The molecule has 1 aliphatic carbocycles. The first-order valence-corrected chi connectivity index (χ1v) is 10.8. The van der Waals surface area contributed by atoms with Crippen LogP contribution in [0.15, 0.2) is 41.7 Å². The molecular weight excluding hydrogens is 348 g/mol. The van der Waals surface area contributed by atoms with E-state index >= 15 is 0 Å². The molecule has 3 nitrogen and oxygen atoms in total. The molecule has 1 saturated carbocycles. The zero-order valence-electron chi connectivity index (χ0n) is 18.1. The van der Waals surface area contributed by atoms with E-state index in [4.69, 9.17) is 4.74 Å². The number of rotatable bonds is 12. The average Bonchev–Trinajstić information content (AvgIpc) is 2.70. The van der Waals surface area contributed by atoms with E-state index in [0.717, 1.165) is 24.3 Å². The number of ketones is 1. The Balaban J connectivity index is 2.43. The highest BCUT2D eigenvalue weighted by Gasteiger charge is 2.19. The maximum Gasteiger partial charge on any atom is 0.306 e. The molecule has 0 unspecified atom stereocenters. The fourth-order valence-corrected chi connectivity index (χ4v) is 3.91. The van der Waals surface area contributed by atoms with Crippen molar-refractivity contribution in [2.24, 2.45) is 11.8 Å². The molecule has 0 spiro atoms. The van der Waals surface area contributed by atoms with E-state index in [1.807, 2.05) is 13.8 Å². The van der Waals surface area contributed by atoms with Gasteiger partial charge in [-0.25, -0.2) is 0 Å². The van der Waals surface area contributed by atoms with E-state index in [1.165, 1.54) is 38.5 Å². The Hall–Kier alpha value is -1.86. The first-order valence-electron chi connectivity index (χ1n) is 10.8. The number of allylic oxidation sites excluding steroid dienone is 4. The van der Waals surface area contributed by atoms with Crippen LogP contribution in [0.2, 0.25) is 0 Å². The average molecular weight is 387 g/mol. The lowest BCUT2D eigenvalue weighted by Crippen LogP contribution is -2.13. The van der Waals surface area contributed by atoms with Crippen molar-refractivity contribution in [2.45, 2.75) is 85.0 Å². The third-order valence-corrected chi connectivity index (χ3v) is 5.61. The highest BCUT2D eigenvalue weighted by atomic mass is 16.5. The van der Waals surface area contributed by atoms with Crippen LogP contribution in [0.25, 0.3) is 0 Å². The summed E-state index contributed by atoms with van der Waals surface area (Å²) in [6, 6.07) is 0. The van der Waals surface area contributed by atoms with Crippen molar-refractivity contribution in [1.29, 1.82) is 0 Å². The molecule has 0 N–H and O–H groups in total. The van der Waals surface area contributed by atoms with Gasteiger partial charge in [0.15, 0.2) is 5.78 Å². The van der Waals surface area contributed by atoms with E-state index in [0.29, 0.717) is 24.2 Å². The Kier molecular flexibility index (Phi) is 11.5. The summed E-state index contributed by atoms with van der Waals surface area (Å²) < 4.78 is 5.39. The molecule has 0 aromatic carbocycles. The van der Waals surface area contributed by atoms with Gasteiger partial charge in [-0.2, -0.15) is 0 Å². The summed E-state index contributed by atoms with van der Waals surface area (Å²) in [5.74, 6) is 0.643. The van der Waals surface area contributed by atoms with Crippen molar-refractivity contribution in [3.63, 3.8) is 0 Å². The molecule has 156 valence electrons. The van der Waals surface area contributed by atoms with Gasteiger partial charge >= 0.3 is 5.97 Å². The van der Waals surface area contributed by atoms with Gasteiger partial charge < -0.3 is 4.74 Å². The van der Waals surface area contributed by atoms with Crippen molar-refractivity contribution < 1.29 is 14.3 Å². The maximum atomic E-state index is 12.6. The van der Waals surface area contributed by atoms with Gasteiger partial charge in [-0.3, -0.25) is 9.59 Å². The number of hydrogen-bond acceptors (Lipinski definition) is 3. The normalized spacial score (nSPS) is 15.6. The molecular formula is C25H38O3. The van der Waals surface area contributed by atoms with Crippen LogP contribution in [0.1, 0.15) is 85.0 Å². The predicted molar refractivity (Wildman–Crippen MR) is 116 cm³/mol. The summed E-state index contributed by atoms with van der Waals surface area (Å²) >= 11 is 0. The van der Waals surface area contributed by atoms with Crippen molar-refractivity contribution >= 4 is 11.8 Å². The number of esters is 1. The van der Waals surface area contributed by atoms with E-state index in [2.05, 4.69) is 18.9 Å². The third-order valence-electron chi connectivity index (χ3n) is 5.61. The molecule has 28 heavy (non-hydrogen) atoms. The molecule has 1 rings (SSSR count). The van der Waals surface area contributed by atoms with Crippen LogP contribution in [0.4, 0.5) is 0 Å². The largest absolute Gasteiger partial charge is 0.466 e. The summed E-state index contributed by atoms with van der Waals surface area (Å²) in [7, 11) is 0. The van der Waals surface area contributed by atoms with Crippen molar-refractivity contribution in [3.8, 4) is 0 Å². The van der Waals surface area contributed by atoms with Gasteiger partial charge in [-0.1, -0.05) is 71.6 Å². The van der Waals surface area contributed by atoms with Crippen molar-refractivity contribution in [1.82, 2.24) is 0 Å². The SMILES string of the molecule is C=C=C(C)C(=O)C(=C(C=C)CCC(=O)OCCCCC1CCCCC1)C(C)C. The second-order valence-electron chi connectivity index (χ2n) is 8.15. The molecule has 0 bridgehead atoms. The second kappa shape index (κ2) is 13.3. The smallest absolute Gasteiger partial charge is 0.306 e. The van der Waals surface area contributed by atoms with E-state index in [1.54, 1.807) is 13.0 Å². The molecule has 3 heteroatoms. The third kappa shape index (κ3) is 8.44. The zero-order chi connectivity index (χ0) is 20.9. The molecule has 0 aromatic heterocycles. The van der Waals surface area contributed by atoms with Gasteiger partial charge in [-0.05, 0) is 43.6 Å². The molecule has 0 aliphatic heterocycles. The van der Waals surface area contributed by atoms with Crippen LogP contribution in [0.3, 0.4) is 0 Å². The molecule has 1 aliphatic rings. The first kappa shape index (κ1) is 24.2. The Morgan fingerprint density at radius 2 is 1.82 bits per heavy atom. The van der Waals surface area contributed by atoms with Crippen LogP contribution < -0.4 is 0 Å². The summed E-state index contributed by atoms with van der Waals surface area (Å²) in [5, 5.41) is 0. The maximum absolute atomic E-state index is 12.6. The number of carbonyl (C=O) groups is 2. The number of Topliss-reactive ketones (excluding diaryl/α,β-unsaturated/α-hetero) is 1. The first-order chi connectivity index (χ1) is 13.4. The summed E-state index contributed by atoms with van der Waals surface area (Å²) in [6.45, 7) is 13.5. The predicted octanol–water partition coefficient (Wildman–Crippen LogP) is 6.50. The zero-order valence-corrected chi connectivity index (χ0v) is 18.1. The fourth-order valence-electron chi connectivity index (χ4n) is 3.91. The number of unbranched alkanes of at least 4 members (excludes halogenated alkanes) is 1. The summed E-state index contributed by atoms with van der Waals surface area (Å²) in [4.78, 5) is 24.7. The summed E-state index contributed by atoms with van der Waals surface area (Å²) in [5.41, 5.74) is 4.65. The lowest BCUT2D eigenvalue weighted by molar-refractivity contribution is -0.143. The Morgan fingerprint density at radius 3 is 2.39 bits per heavy atom. The standard InChI is InChI=1S/C25H38O3/c1-6-20(5)25(27)24(19(3)4)22(7-2)16-17-23(26)28-18-12-11-15-21-13-9-8-10-14-21/h7,19,21H,1-2,8-18H2,3-5H3. The molecule has 0 radical (unpaired) electrons. The highest BCUT2D eigenvalue weighted by molar-refractivity contribution is 6.08. The Bertz CT molecular complexity index is 612. The second-order valence-corrected chi connectivity index (χ2v) is 8.15. The molecule has 0 amide bonds. The van der Waals surface area contributed by atoms with Gasteiger partial charge in [0.2, 0.25) is 0 Å². The molecule has 0 saturated heterocycles. The van der Waals surface area contributed by atoms with Gasteiger partial charge in [-0.15, -0.1) is 5.73 Å². The Labute approximate surface area is 171 Å². The van der Waals surface area contributed by atoms with Gasteiger partial charge in [0.25, 0.3) is 0 Å². The van der Waals surface area contributed by atoms with E-state index < -0.39 is 0 Å². The van der Waals surface area contributed by atoms with Gasteiger partial charge in [0, 0.05) is 17.6 Å². The monoisotopic (exact) mass is 386 g/mol. The minimum Gasteiger partial charge on any atom is -0.466 e. The quantitative estimate of drug-likeness (QED) is 0.126. The van der Waals surface area contributed by atoms with Crippen LogP contribution in [0.5, 0.6) is 0 Å². The van der Waals surface area contributed by atoms with Crippen LogP contribution in [0, 0.1) is 11.8 Å². The summed E-state index contributed by atoms with van der Waals surface area (Å²) in [6.07, 6.45) is 12.6. The van der Waals surface area contributed by atoms with E-state index in [9.17, 15) is 9.59 Å². The van der Waals surface area contributed by atoms with Gasteiger partial charge in [0.1, 0.15) is 0 Å². The molecule has 0 atom stereocenters. The van der Waals surface area contributed by atoms with Gasteiger partial charge in [0.05, 0.1) is 6.61 Å². The topological polar surface area (TPSA) is 43.4 Å². The lowest BCUT2D eigenvalue weighted by atomic mass is 9.86.